The van der Waals surface area contributed by atoms with Gasteiger partial charge >= 0.3 is 0 Å². The Bertz CT molecular complexity index is 3150. The zero-order chi connectivity index (χ0) is 40.8. The molecule has 0 spiro atoms. The number of para-hydroxylation sites is 1. The quantitative estimate of drug-likeness (QED) is 0.149. The first kappa shape index (κ1) is 36.9. The van der Waals surface area contributed by atoms with Crippen LogP contribution >= 0.6 is 0 Å². The summed E-state index contributed by atoms with van der Waals surface area (Å²) in [5.41, 5.74) is 18.0. The molecule has 60 heavy (non-hydrogen) atoms. The summed E-state index contributed by atoms with van der Waals surface area (Å²) in [6.07, 6.45) is 4.50. The Hall–Kier alpha value is -7.42. The molecule has 1 aliphatic carbocycles. The van der Waals surface area contributed by atoms with Gasteiger partial charge in [-0.15, -0.1) is 0 Å². The molecule has 0 aliphatic heterocycles. The lowest BCUT2D eigenvalue weighted by molar-refractivity contribution is 0.660. The van der Waals surface area contributed by atoms with Crippen LogP contribution in [0.25, 0.3) is 68.2 Å². The van der Waals surface area contributed by atoms with E-state index in [1.807, 2.05) is 0 Å². The van der Waals surface area contributed by atoms with Crippen LogP contribution in [0.1, 0.15) is 37.5 Å². The Labute approximate surface area is 353 Å². The van der Waals surface area contributed by atoms with Crippen molar-refractivity contribution in [2.24, 2.45) is 0 Å². The van der Waals surface area contributed by atoms with Crippen LogP contribution in [0.15, 0.2) is 206 Å². The third kappa shape index (κ3) is 6.38. The number of rotatable bonds is 8. The van der Waals surface area contributed by atoms with Crippen molar-refractivity contribution in [3.8, 4) is 39.1 Å². The van der Waals surface area contributed by atoms with Gasteiger partial charge in [-0.1, -0.05) is 172 Å². The predicted octanol–water partition coefficient (Wildman–Crippen LogP) is 14.0. The van der Waals surface area contributed by atoms with Gasteiger partial charge in [-0.2, -0.15) is 0 Å². The molecular weight excluding hydrogens is 725 g/mol. The molecule has 0 saturated carbocycles. The summed E-state index contributed by atoms with van der Waals surface area (Å²) in [6, 6.07) is 72.4. The van der Waals surface area contributed by atoms with Crippen LogP contribution in [-0.2, 0) is 5.41 Å². The largest absolute Gasteiger partial charge is 0.310 e. The third-order valence-corrected chi connectivity index (χ3v) is 12.4. The average Bonchev–Trinajstić information content (AvgIpc) is 3.71. The van der Waals surface area contributed by atoms with Gasteiger partial charge in [0, 0.05) is 44.1 Å². The van der Waals surface area contributed by atoms with Crippen molar-refractivity contribution in [2.75, 3.05) is 4.90 Å². The molecule has 1 heterocycles. The van der Waals surface area contributed by atoms with Crippen molar-refractivity contribution in [2.45, 2.75) is 26.2 Å². The second-order valence-electron chi connectivity index (χ2n) is 16.2. The van der Waals surface area contributed by atoms with Crippen LogP contribution in [0.3, 0.4) is 0 Å². The normalized spacial score (nSPS) is 13.3. The van der Waals surface area contributed by atoms with Crippen LogP contribution in [0, 0.1) is 0 Å². The first-order valence-electron chi connectivity index (χ1n) is 20.8. The highest BCUT2D eigenvalue weighted by molar-refractivity contribution is 5.94. The molecule has 0 unspecified atom stereocenters. The molecule has 2 heteroatoms. The Morgan fingerprint density at radius 2 is 1.03 bits per heavy atom. The van der Waals surface area contributed by atoms with Crippen LogP contribution < -0.4 is 15.5 Å². The summed E-state index contributed by atoms with van der Waals surface area (Å²) < 4.78 is 2.28. The minimum Gasteiger partial charge on any atom is -0.310 e. The Morgan fingerprint density at radius 1 is 0.517 bits per heavy atom. The number of hydrogen-bond donors (Lipinski definition) is 0. The van der Waals surface area contributed by atoms with Gasteiger partial charge in [-0.25, -0.2) is 0 Å². The van der Waals surface area contributed by atoms with Crippen molar-refractivity contribution in [3.05, 3.63) is 234 Å². The molecule has 0 saturated heterocycles. The van der Waals surface area contributed by atoms with Crippen LogP contribution in [0.2, 0.25) is 0 Å². The van der Waals surface area contributed by atoms with Crippen LogP contribution in [0.4, 0.5) is 17.1 Å². The fourth-order valence-electron chi connectivity index (χ4n) is 9.21. The van der Waals surface area contributed by atoms with E-state index in [0.717, 1.165) is 50.0 Å². The van der Waals surface area contributed by atoms with E-state index in [1.165, 1.54) is 49.9 Å². The number of allylic oxidation sites excluding steroid dienone is 2. The summed E-state index contributed by atoms with van der Waals surface area (Å²) in [5.74, 6) is 0. The van der Waals surface area contributed by atoms with E-state index < -0.39 is 0 Å². The topological polar surface area (TPSA) is 8.17 Å². The van der Waals surface area contributed by atoms with E-state index in [2.05, 4.69) is 249 Å². The Balaban J connectivity index is 1.03. The van der Waals surface area contributed by atoms with Gasteiger partial charge in [-0.3, -0.25) is 0 Å². The number of nitrogens with zero attached hydrogens (tertiary/aromatic N) is 2. The first-order chi connectivity index (χ1) is 29.4. The molecule has 1 aliphatic rings. The summed E-state index contributed by atoms with van der Waals surface area (Å²) >= 11 is 0. The van der Waals surface area contributed by atoms with Crippen LogP contribution in [-0.4, -0.2) is 4.57 Å². The molecule has 10 rings (SSSR count). The predicted molar refractivity (Wildman–Crippen MR) is 256 cm³/mol. The summed E-state index contributed by atoms with van der Waals surface area (Å²) in [7, 11) is 0. The number of aromatic nitrogens is 1. The van der Waals surface area contributed by atoms with Crippen molar-refractivity contribution < 1.29 is 0 Å². The van der Waals surface area contributed by atoms with Crippen molar-refractivity contribution in [1.29, 1.82) is 0 Å². The first-order valence-corrected chi connectivity index (χ1v) is 20.8. The van der Waals surface area contributed by atoms with E-state index >= 15 is 0 Å². The molecule has 0 radical (unpaired) electrons. The molecule has 9 aromatic rings. The Morgan fingerprint density at radius 3 is 1.68 bits per heavy atom. The lowest BCUT2D eigenvalue weighted by atomic mass is 9.82. The highest BCUT2D eigenvalue weighted by atomic mass is 15.1. The molecule has 0 fully saturated rings. The maximum atomic E-state index is 4.67. The molecule has 0 N–H and O–H groups in total. The van der Waals surface area contributed by atoms with Crippen molar-refractivity contribution in [1.82, 2.24) is 4.57 Å². The fraction of sp³-hybridized carbons (Fsp3) is 0.0690. The zero-order valence-electron chi connectivity index (χ0n) is 34.3. The van der Waals surface area contributed by atoms with Gasteiger partial charge in [0.2, 0.25) is 0 Å². The molecule has 1 aromatic heterocycles. The van der Waals surface area contributed by atoms with E-state index in [0.29, 0.717) is 0 Å². The molecule has 8 aromatic carbocycles. The standard InChI is InChI=1S/C58H46N2/c1-5-41(38-54-40(2)59(57-23-15-13-21-53(54)57)47-30-26-45(27-31-47)42-16-8-6-9-17-42)44-24-32-48(33-25-44)60(49-34-28-46(29-35-49)43-18-10-7-11-19-43)50-36-37-52-51-20-12-14-22-55(51)58(3,4)56(52)39-50/h5-39H,2H2,1,3-4H3/b41-5+,54-38+. The second kappa shape index (κ2) is 15.1. The van der Waals surface area contributed by atoms with E-state index in [-0.39, 0.29) is 5.41 Å². The van der Waals surface area contributed by atoms with Gasteiger partial charge in [0.05, 0.1) is 5.52 Å². The van der Waals surface area contributed by atoms with E-state index in [4.69, 9.17) is 0 Å². The lowest BCUT2D eigenvalue weighted by Gasteiger charge is -2.28. The third-order valence-electron chi connectivity index (χ3n) is 12.4. The smallest absolute Gasteiger partial charge is 0.0540 e. The SMILES string of the molecule is C=c1/c(=C\C(=C/C)c2ccc(N(c3ccc(-c4ccccc4)cc3)c3ccc4c(c3)C(C)(C)c3ccccc3-4)cc2)c2ccccc2n1-c1ccc(-c2ccccc2)cc1. The highest BCUT2D eigenvalue weighted by Crippen LogP contribution is 2.50. The van der Waals surface area contributed by atoms with Gasteiger partial charge in [0.25, 0.3) is 0 Å². The summed E-state index contributed by atoms with van der Waals surface area (Å²) in [5, 5.41) is 3.26. The number of fused-ring (bicyclic) bond motifs is 4. The number of anilines is 3. The van der Waals surface area contributed by atoms with E-state index in [9.17, 15) is 0 Å². The average molecular weight is 771 g/mol. The van der Waals surface area contributed by atoms with E-state index in [1.54, 1.807) is 0 Å². The fourth-order valence-corrected chi connectivity index (χ4v) is 9.21. The van der Waals surface area contributed by atoms with Crippen molar-refractivity contribution in [3.63, 3.8) is 0 Å². The highest BCUT2D eigenvalue weighted by Gasteiger charge is 2.35. The minimum atomic E-state index is -0.104. The maximum absolute atomic E-state index is 4.67. The molecular formula is C58H46N2. The van der Waals surface area contributed by atoms with Crippen molar-refractivity contribution >= 4 is 46.2 Å². The minimum absolute atomic E-state index is 0.104. The van der Waals surface area contributed by atoms with Gasteiger partial charge < -0.3 is 9.47 Å². The summed E-state index contributed by atoms with van der Waals surface area (Å²) in [6.45, 7) is 11.5. The molecule has 288 valence electrons. The maximum Gasteiger partial charge on any atom is 0.0540 e. The second-order valence-corrected chi connectivity index (χ2v) is 16.2. The zero-order valence-corrected chi connectivity index (χ0v) is 34.3. The van der Waals surface area contributed by atoms with Gasteiger partial charge in [0.1, 0.15) is 0 Å². The molecule has 0 bridgehead atoms. The monoisotopic (exact) mass is 770 g/mol. The van der Waals surface area contributed by atoms with Crippen LogP contribution in [0.5, 0.6) is 0 Å². The number of hydrogen-bond acceptors (Lipinski definition) is 1. The molecule has 0 atom stereocenters. The number of benzene rings is 8. The summed E-state index contributed by atoms with van der Waals surface area (Å²) in [4.78, 5) is 2.39. The van der Waals surface area contributed by atoms with Gasteiger partial charge in [-0.05, 0) is 123 Å². The molecule has 2 nitrogen and oxygen atoms in total. The molecule has 0 amide bonds. The Kier molecular flexibility index (Phi) is 9.26. The lowest BCUT2D eigenvalue weighted by Crippen LogP contribution is -2.26. The van der Waals surface area contributed by atoms with Gasteiger partial charge in [0.15, 0.2) is 0 Å².